The first kappa shape index (κ1) is 18.2. The molecule has 136 valence electrons. The lowest BCUT2D eigenvalue weighted by atomic mass is 10.0. The van der Waals surface area contributed by atoms with E-state index in [1.54, 1.807) is 6.92 Å². The van der Waals surface area contributed by atoms with Gasteiger partial charge in [-0.1, -0.05) is 12.1 Å². The fraction of sp³-hybridized carbons (Fsp3) is 0.450. The van der Waals surface area contributed by atoms with Gasteiger partial charge < -0.3 is 4.74 Å². The molecule has 1 aliphatic rings. The molecule has 1 aliphatic heterocycles. The van der Waals surface area contributed by atoms with Gasteiger partial charge in [-0.3, -0.25) is 9.69 Å². The molecular formula is C20H24N4O2. The van der Waals surface area contributed by atoms with Crippen LogP contribution in [0.3, 0.4) is 0 Å². The number of aryl methyl sites for hydroxylation is 1. The molecule has 0 bridgehead atoms. The van der Waals surface area contributed by atoms with Crippen molar-refractivity contribution in [1.29, 1.82) is 5.26 Å². The monoisotopic (exact) mass is 352 g/mol. The van der Waals surface area contributed by atoms with Gasteiger partial charge in [0.05, 0.1) is 19.0 Å². The molecule has 3 rings (SSSR count). The highest BCUT2D eigenvalue weighted by Gasteiger charge is 2.27. The van der Waals surface area contributed by atoms with Crippen LogP contribution in [0.15, 0.2) is 29.1 Å². The molecule has 0 unspecified atom stereocenters. The third-order valence-corrected chi connectivity index (χ3v) is 5.00. The summed E-state index contributed by atoms with van der Waals surface area (Å²) in [6, 6.07) is 10.4. The molecule has 1 aromatic heterocycles. The third-order valence-electron chi connectivity index (χ3n) is 5.00. The number of hydrogen-bond acceptors (Lipinski definition) is 5. The summed E-state index contributed by atoms with van der Waals surface area (Å²) >= 11 is 0. The van der Waals surface area contributed by atoms with E-state index in [-0.39, 0.29) is 17.2 Å². The van der Waals surface area contributed by atoms with Gasteiger partial charge in [0.25, 0.3) is 5.56 Å². The topological polar surface area (TPSA) is 71.2 Å². The highest BCUT2D eigenvalue weighted by atomic mass is 16.5. The van der Waals surface area contributed by atoms with Crippen LogP contribution < -0.4 is 10.3 Å². The highest BCUT2D eigenvalue weighted by Crippen LogP contribution is 2.32. The predicted molar refractivity (Wildman–Crippen MR) is 99.0 cm³/mol. The number of nitrogens with zero attached hydrogens (tertiary/aromatic N) is 4. The van der Waals surface area contributed by atoms with Gasteiger partial charge in [-0.2, -0.15) is 10.4 Å². The smallest absolute Gasteiger partial charge is 0.286 e. The third kappa shape index (κ3) is 3.49. The molecule has 26 heavy (non-hydrogen) atoms. The molecule has 0 radical (unpaired) electrons. The van der Waals surface area contributed by atoms with Gasteiger partial charge in [-0.25, -0.2) is 4.68 Å². The van der Waals surface area contributed by atoms with Crippen molar-refractivity contribution in [3.8, 4) is 11.8 Å². The summed E-state index contributed by atoms with van der Waals surface area (Å²) < 4.78 is 6.94. The Morgan fingerprint density at radius 1 is 1.31 bits per heavy atom. The maximum atomic E-state index is 12.6. The molecule has 0 saturated carbocycles. The zero-order valence-corrected chi connectivity index (χ0v) is 15.5. The minimum atomic E-state index is -0.312. The average Bonchev–Trinajstić information content (AvgIpc) is 3.09. The summed E-state index contributed by atoms with van der Waals surface area (Å²) in [5.74, 6) is 0.867. The highest BCUT2D eigenvalue weighted by molar-refractivity contribution is 5.36. The van der Waals surface area contributed by atoms with Crippen LogP contribution in [0.25, 0.3) is 0 Å². The second kappa shape index (κ2) is 7.71. The number of benzene rings is 1. The van der Waals surface area contributed by atoms with Crippen LogP contribution in [0, 0.1) is 25.2 Å². The van der Waals surface area contributed by atoms with Crippen molar-refractivity contribution in [2.45, 2.75) is 46.3 Å². The SMILES string of the molecule is CCOc1ccc([C@@H]2CCCN2Cn2nc(C)c(C)c(C#N)c2=O)cc1. The van der Waals surface area contributed by atoms with E-state index in [9.17, 15) is 10.1 Å². The van der Waals surface area contributed by atoms with Gasteiger partial charge in [0.1, 0.15) is 17.4 Å². The molecule has 2 aromatic rings. The first-order chi connectivity index (χ1) is 12.5. The lowest BCUT2D eigenvalue weighted by molar-refractivity contribution is 0.186. The minimum Gasteiger partial charge on any atom is -0.494 e. The van der Waals surface area contributed by atoms with E-state index >= 15 is 0 Å². The van der Waals surface area contributed by atoms with Crippen LogP contribution in [0.4, 0.5) is 0 Å². The van der Waals surface area contributed by atoms with E-state index in [4.69, 9.17) is 4.74 Å². The van der Waals surface area contributed by atoms with Gasteiger partial charge in [0.15, 0.2) is 0 Å². The van der Waals surface area contributed by atoms with Crippen LogP contribution in [0.1, 0.15) is 48.2 Å². The van der Waals surface area contributed by atoms with Crippen molar-refractivity contribution in [3.05, 3.63) is 57.0 Å². The van der Waals surface area contributed by atoms with E-state index in [1.807, 2.05) is 32.0 Å². The minimum absolute atomic E-state index is 0.189. The number of likely N-dealkylation sites (tertiary alicyclic amines) is 1. The fourth-order valence-electron chi connectivity index (χ4n) is 3.50. The van der Waals surface area contributed by atoms with Crippen molar-refractivity contribution in [2.75, 3.05) is 13.2 Å². The van der Waals surface area contributed by atoms with Crippen LogP contribution in [-0.2, 0) is 6.67 Å². The second-order valence-corrected chi connectivity index (χ2v) is 6.62. The Morgan fingerprint density at radius 3 is 2.69 bits per heavy atom. The quantitative estimate of drug-likeness (QED) is 0.827. The largest absolute Gasteiger partial charge is 0.494 e. The molecule has 1 fully saturated rings. The fourth-order valence-corrected chi connectivity index (χ4v) is 3.50. The zero-order chi connectivity index (χ0) is 18.7. The Kier molecular flexibility index (Phi) is 5.38. The summed E-state index contributed by atoms with van der Waals surface area (Å²) in [5, 5.41) is 13.7. The lowest BCUT2D eigenvalue weighted by Gasteiger charge is -2.25. The molecule has 2 heterocycles. The molecule has 0 N–H and O–H groups in total. The van der Waals surface area contributed by atoms with Crippen LogP contribution >= 0.6 is 0 Å². The van der Waals surface area contributed by atoms with Crippen molar-refractivity contribution in [3.63, 3.8) is 0 Å². The Bertz CT molecular complexity index is 880. The van der Waals surface area contributed by atoms with Crippen LogP contribution in [0.2, 0.25) is 0 Å². The Morgan fingerprint density at radius 2 is 2.04 bits per heavy atom. The molecular weight excluding hydrogens is 328 g/mol. The van der Waals surface area contributed by atoms with E-state index in [0.717, 1.165) is 30.8 Å². The number of ether oxygens (including phenoxy) is 1. The van der Waals surface area contributed by atoms with E-state index in [2.05, 4.69) is 22.1 Å². The molecule has 1 saturated heterocycles. The second-order valence-electron chi connectivity index (χ2n) is 6.62. The normalized spacial score (nSPS) is 17.2. The van der Waals surface area contributed by atoms with Crippen molar-refractivity contribution >= 4 is 0 Å². The summed E-state index contributed by atoms with van der Waals surface area (Å²) in [6.45, 7) is 7.52. The molecule has 1 atom stereocenters. The molecule has 6 heteroatoms. The number of rotatable bonds is 5. The Labute approximate surface area is 153 Å². The van der Waals surface area contributed by atoms with E-state index in [0.29, 0.717) is 18.8 Å². The average molecular weight is 352 g/mol. The summed E-state index contributed by atoms with van der Waals surface area (Å²) in [4.78, 5) is 14.8. The molecule has 0 amide bonds. The van der Waals surface area contributed by atoms with Gasteiger partial charge in [-0.05, 0) is 56.9 Å². The Hall–Kier alpha value is -2.65. The van der Waals surface area contributed by atoms with Crippen LogP contribution in [0.5, 0.6) is 5.75 Å². The molecule has 0 spiro atoms. The van der Waals surface area contributed by atoms with E-state index in [1.165, 1.54) is 10.2 Å². The maximum Gasteiger partial charge on any atom is 0.286 e. The standard InChI is InChI=1S/C20H24N4O2/c1-4-26-17-9-7-16(8-10-17)19-6-5-11-23(19)13-24-20(25)18(12-21)14(2)15(3)22-24/h7-10,19H,4-6,11,13H2,1-3H3/t19-/m0/s1. The zero-order valence-electron chi connectivity index (χ0n) is 15.5. The molecule has 1 aromatic carbocycles. The first-order valence-corrected chi connectivity index (χ1v) is 9.00. The maximum absolute atomic E-state index is 12.6. The van der Waals surface area contributed by atoms with Crippen molar-refractivity contribution in [2.24, 2.45) is 0 Å². The number of hydrogen-bond donors (Lipinski definition) is 0. The van der Waals surface area contributed by atoms with Crippen LogP contribution in [-0.4, -0.2) is 27.8 Å². The number of aromatic nitrogens is 2. The first-order valence-electron chi connectivity index (χ1n) is 9.00. The van der Waals surface area contributed by atoms with Crippen molar-refractivity contribution < 1.29 is 4.74 Å². The van der Waals surface area contributed by atoms with Gasteiger partial charge in [0, 0.05) is 12.6 Å². The van der Waals surface area contributed by atoms with Gasteiger partial charge >= 0.3 is 0 Å². The summed E-state index contributed by atoms with van der Waals surface area (Å²) in [6.07, 6.45) is 2.11. The predicted octanol–water partition coefficient (Wildman–Crippen LogP) is 2.93. The van der Waals surface area contributed by atoms with Crippen molar-refractivity contribution in [1.82, 2.24) is 14.7 Å². The molecule has 0 aliphatic carbocycles. The van der Waals surface area contributed by atoms with Gasteiger partial charge in [-0.15, -0.1) is 0 Å². The summed E-state index contributed by atoms with van der Waals surface area (Å²) in [7, 11) is 0. The number of nitriles is 1. The Balaban J connectivity index is 1.85. The van der Waals surface area contributed by atoms with Gasteiger partial charge in [0.2, 0.25) is 0 Å². The summed E-state index contributed by atoms with van der Waals surface area (Å²) in [5.41, 5.74) is 2.47. The van der Waals surface area contributed by atoms with E-state index < -0.39 is 0 Å². The molecule has 6 nitrogen and oxygen atoms in total. The lowest BCUT2D eigenvalue weighted by Crippen LogP contribution is -2.35.